The Bertz CT molecular complexity index is 220. The molecular formula is C15H32N2O2. The van der Waals surface area contributed by atoms with Gasteiger partial charge in [0.2, 0.25) is 0 Å². The van der Waals surface area contributed by atoms with E-state index in [1.807, 2.05) is 0 Å². The molecule has 0 aliphatic carbocycles. The lowest BCUT2D eigenvalue weighted by Crippen LogP contribution is -2.47. The Labute approximate surface area is 118 Å². The molecule has 1 heterocycles. The fraction of sp³-hybridized carbons (Fsp3) is 1.00. The minimum absolute atomic E-state index is 0.443. The molecule has 3 atom stereocenters. The van der Waals surface area contributed by atoms with E-state index < -0.39 is 0 Å². The van der Waals surface area contributed by atoms with Crippen LogP contribution in [0.1, 0.15) is 39.5 Å². The molecular weight excluding hydrogens is 240 g/mol. The van der Waals surface area contributed by atoms with E-state index in [-0.39, 0.29) is 0 Å². The molecule has 1 fully saturated rings. The van der Waals surface area contributed by atoms with Crippen LogP contribution >= 0.6 is 0 Å². The SMILES string of the molecule is COCCN(C(C)COC)C(C)CC1CCCCN1. The smallest absolute Gasteiger partial charge is 0.0615 e. The van der Waals surface area contributed by atoms with Crippen LogP contribution in [0.5, 0.6) is 0 Å². The van der Waals surface area contributed by atoms with Gasteiger partial charge in [-0.15, -0.1) is 0 Å². The van der Waals surface area contributed by atoms with Crippen LogP contribution in [-0.4, -0.2) is 63.5 Å². The second-order valence-electron chi connectivity index (χ2n) is 5.77. The number of nitrogens with zero attached hydrogens (tertiary/aromatic N) is 1. The molecule has 0 spiro atoms. The van der Waals surface area contributed by atoms with Crippen molar-refractivity contribution in [2.24, 2.45) is 0 Å². The molecule has 1 saturated heterocycles. The Balaban J connectivity index is 2.45. The van der Waals surface area contributed by atoms with E-state index in [4.69, 9.17) is 9.47 Å². The number of hydrogen-bond donors (Lipinski definition) is 1. The van der Waals surface area contributed by atoms with Gasteiger partial charge in [0.05, 0.1) is 13.2 Å². The van der Waals surface area contributed by atoms with Crippen LogP contribution in [0.3, 0.4) is 0 Å². The maximum absolute atomic E-state index is 5.31. The normalized spacial score (nSPS) is 23.5. The first kappa shape index (κ1) is 16.9. The van der Waals surface area contributed by atoms with E-state index in [9.17, 15) is 0 Å². The van der Waals surface area contributed by atoms with E-state index in [0.717, 1.165) is 19.8 Å². The summed E-state index contributed by atoms with van der Waals surface area (Å²) in [6.45, 7) is 8.31. The first-order valence-electron chi connectivity index (χ1n) is 7.66. The van der Waals surface area contributed by atoms with Gasteiger partial charge in [-0.3, -0.25) is 4.90 Å². The molecule has 0 saturated carbocycles. The molecule has 0 aromatic rings. The highest BCUT2D eigenvalue weighted by molar-refractivity contribution is 4.81. The van der Waals surface area contributed by atoms with Gasteiger partial charge in [0.15, 0.2) is 0 Å². The van der Waals surface area contributed by atoms with Gasteiger partial charge in [-0.25, -0.2) is 0 Å². The van der Waals surface area contributed by atoms with E-state index >= 15 is 0 Å². The van der Waals surface area contributed by atoms with Crippen molar-refractivity contribution in [1.82, 2.24) is 10.2 Å². The molecule has 0 amide bonds. The van der Waals surface area contributed by atoms with Gasteiger partial charge in [-0.1, -0.05) is 6.42 Å². The summed E-state index contributed by atoms with van der Waals surface area (Å²) in [5, 5.41) is 3.64. The molecule has 4 heteroatoms. The Morgan fingerprint density at radius 3 is 2.53 bits per heavy atom. The maximum Gasteiger partial charge on any atom is 0.0615 e. The second kappa shape index (κ2) is 9.70. The standard InChI is InChI=1S/C15H32N2O2/c1-13(11-15-7-5-6-8-16-15)17(9-10-18-3)14(2)12-19-4/h13-16H,5-12H2,1-4H3. The summed E-state index contributed by atoms with van der Waals surface area (Å²) in [5.74, 6) is 0. The molecule has 0 bridgehead atoms. The van der Waals surface area contributed by atoms with Crippen LogP contribution in [0, 0.1) is 0 Å². The highest BCUT2D eigenvalue weighted by Crippen LogP contribution is 2.17. The van der Waals surface area contributed by atoms with Gasteiger partial charge in [-0.05, 0) is 39.7 Å². The highest BCUT2D eigenvalue weighted by Gasteiger charge is 2.23. The van der Waals surface area contributed by atoms with Gasteiger partial charge >= 0.3 is 0 Å². The summed E-state index contributed by atoms with van der Waals surface area (Å²) in [7, 11) is 3.55. The van der Waals surface area contributed by atoms with Crippen LogP contribution < -0.4 is 5.32 Å². The molecule has 19 heavy (non-hydrogen) atoms. The van der Waals surface area contributed by atoms with Crippen molar-refractivity contribution in [3.05, 3.63) is 0 Å². The van der Waals surface area contributed by atoms with E-state index in [0.29, 0.717) is 18.1 Å². The van der Waals surface area contributed by atoms with E-state index in [2.05, 4.69) is 24.1 Å². The molecule has 1 rings (SSSR count). The van der Waals surface area contributed by atoms with Crippen LogP contribution in [0.2, 0.25) is 0 Å². The van der Waals surface area contributed by atoms with Gasteiger partial charge in [-0.2, -0.15) is 0 Å². The minimum Gasteiger partial charge on any atom is -0.383 e. The Morgan fingerprint density at radius 2 is 1.95 bits per heavy atom. The summed E-state index contributed by atoms with van der Waals surface area (Å²) in [6, 6.07) is 1.69. The zero-order valence-electron chi connectivity index (χ0n) is 13.2. The van der Waals surface area contributed by atoms with Gasteiger partial charge in [0, 0.05) is 38.9 Å². The van der Waals surface area contributed by atoms with E-state index in [1.54, 1.807) is 14.2 Å². The number of methoxy groups -OCH3 is 2. The number of nitrogens with one attached hydrogen (secondary N) is 1. The average molecular weight is 272 g/mol. The van der Waals surface area contributed by atoms with Crippen LogP contribution in [0.15, 0.2) is 0 Å². The van der Waals surface area contributed by atoms with Crippen LogP contribution in [0.4, 0.5) is 0 Å². The third-order valence-electron chi connectivity index (χ3n) is 4.13. The fourth-order valence-corrected chi connectivity index (χ4v) is 3.08. The summed E-state index contributed by atoms with van der Waals surface area (Å²) < 4.78 is 10.5. The van der Waals surface area contributed by atoms with Crippen molar-refractivity contribution in [1.29, 1.82) is 0 Å². The third-order valence-corrected chi connectivity index (χ3v) is 4.13. The average Bonchev–Trinajstić information content (AvgIpc) is 2.40. The predicted octanol–water partition coefficient (Wildman–Crippen LogP) is 1.89. The quantitative estimate of drug-likeness (QED) is 0.695. The monoisotopic (exact) mass is 272 g/mol. The van der Waals surface area contributed by atoms with Gasteiger partial charge < -0.3 is 14.8 Å². The predicted molar refractivity (Wildman–Crippen MR) is 79.6 cm³/mol. The lowest BCUT2D eigenvalue weighted by atomic mass is 9.97. The number of rotatable bonds is 9. The molecule has 0 aromatic heterocycles. The molecule has 4 nitrogen and oxygen atoms in total. The van der Waals surface area contributed by atoms with Crippen molar-refractivity contribution >= 4 is 0 Å². The summed E-state index contributed by atoms with van der Waals surface area (Å²) in [6.07, 6.45) is 5.24. The van der Waals surface area contributed by atoms with Crippen molar-refractivity contribution in [3.63, 3.8) is 0 Å². The van der Waals surface area contributed by atoms with Gasteiger partial charge in [0.25, 0.3) is 0 Å². The zero-order chi connectivity index (χ0) is 14.1. The van der Waals surface area contributed by atoms with Crippen molar-refractivity contribution in [3.8, 4) is 0 Å². The van der Waals surface area contributed by atoms with Crippen LogP contribution in [-0.2, 0) is 9.47 Å². The minimum atomic E-state index is 0.443. The van der Waals surface area contributed by atoms with Crippen molar-refractivity contribution in [2.45, 2.75) is 57.7 Å². The third kappa shape index (κ3) is 6.21. The zero-order valence-corrected chi connectivity index (χ0v) is 13.2. The number of piperidine rings is 1. The molecule has 0 aromatic carbocycles. The molecule has 114 valence electrons. The summed E-state index contributed by atoms with van der Waals surface area (Å²) in [5.41, 5.74) is 0. The largest absolute Gasteiger partial charge is 0.383 e. The van der Waals surface area contributed by atoms with E-state index in [1.165, 1.54) is 32.2 Å². The molecule has 3 unspecified atom stereocenters. The maximum atomic E-state index is 5.31. The number of hydrogen-bond acceptors (Lipinski definition) is 4. The molecule has 0 radical (unpaired) electrons. The Hall–Kier alpha value is -0.160. The molecule has 1 aliphatic heterocycles. The highest BCUT2D eigenvalue weighted by atomic mass is 16.5. The van der Waals surface area contributed by atoms with Crippen molar-refractivity contribution < 1.29 is 9.47 Å². The van der Waals surface area contributed by atoms with Crippen molar-refractivity contribution in [2.75, 3.05) is 40.5 Å². The summed E-state index contributed by atoms with van der Waals surface area (Å²) in [4.78, 5) is 2.52. The van der Waals surface area contributed by atoms with Gasteiger partial charge in [0.1, 0.15) is 0 Å². The number of ether oxygens (including phenoxy) is 2. The summed E-state index contributed by atoms with van der Waals surface area (Å²) >= 11 is 0. The lowest BCUT2D eigenvalue weighted by molar-refractivity contribution is 0.0455. The molecule has 1 aliphatic rings. The first-order valence-corrected chi connectivity index (χ1v) is 7.66. The fourth-order valence-electron chi connectivity index (χ4n) is 3.08. The lowest BCUT2D eigenvalue weighted by Gasteiger charge is -2.37. The van der Waals surface area contributed by atoms with Crippen LogP contribution in [0.25, 0.3) is 0 Å². The topological polar surface area (TPSA) is 33.7 Å². The first-order chi connectivity index (χ1) is 9.19. The molecule has 1 N–H and O–H groups in total. The Morgan fingerprint density at radius 1 is 1.16 bits per heavy atom. The second-order valence-corrected chi connectivity index (χ2v) is 5.77. The Kier molecular flexibility index (Phi) is 8.62.